The Bertz CT molecular complexity index is 1290. The second-order valence-corrected chi connectivity index (χ2v) is 11.6. The fourth-order valence-corrected chi connectivity index (χ4v) is 7.15. The summed E-state index contributed by atoms with van der Waals surface area (Å²) in [6, 6.07) is 10.2. The zero-order valence-corrected chi connectivity index (χ0v) is 22.3. The first-order chi connectivity index (χ1) is 17.8. The summed E-state index contributed by atoms with van der Waals surface area (Å²) in [4.78, 5) is 48.5. The highest BCUT2D eigenvalue weighted by Crippen LogP contribution is 2.34. The van der Waals surface area contributed by atoms with Crippen LogP contribution in [0.25, 0.3) is 10.1 Å². The van der Waals surface area contributed by atoms with Crippen LogP contribution in [0.15, 0.2) is 34.5 Å². The number of carbonyl (C=O) groups is 4. The number of nitrogens with zero attached hydrogens (tertiary/aromatic N) is 3. The van der Waals surface area contributed by atoms with E-state index in [4.69, 9.17) is 19.8 Å². The molecule has 1 fully saturated rings. The lowest BCUT2D eigenvalue weighted by Crippen LogP contribution is -2.46. The Morgan fingerprint density at radius 2 is 1.78 bits per heavy atom. The molecule has 3 aromatic rings. The van der Waals surface area contributed by atoms with Crippen LogP contribution in [0.2, 0.25) is 0 Å². The molecule has 13 heteroatoms. The Balaban J connectivity index is 0.000000480. The van der Waals surface area contributed by atoms with Gasteiger partial charge in [0.1, 0.15) is 5.82 Å². The molecule has 0 saturated carbocycles. The van der Waals surface area contributed by atoms with Gasteiger partial charge in [0, 0.05) is 50.3 Å². The zero-order chi connectivity index (χ0) is 26.4. The van der Waals surface area contributed by atoms with Gasteiger partial charge in [0.05, 0.1) is 19.3 Å². The number of thiophene rings is 1. The van der Waals surface area contributed by atoms with E-state index in [9.17, 15) is 9.59 Å². The van der Waals surface area contributed by atoms with Crippen molar-refractivity contribution in [3.05, 3.63) is 40.8 Å². The average Bonchev–Trinajstić information content (AvgIpc) is 3.48. The zero-order valence-electron chi connectivity index (χ0n) is 19.8. The summed E-state index contributed by atoms with van der Waals surface area (Å²) in [7, 11) is 0. The SMILES string of the molecule is O=C(CCCN1CCN(c2nsc3ccccc23)CC1)c1cc2c(s1)SCCNC2=O.O=C(O)C(=O)O. The van der Waals surface area contributed by atoms with Crippen molar-refractivity contribution in [1.82, 2.24) is 14.6 Å². The number of nitrogens with one attached hydrogen (secondary N) is 1. The van der Waals surface area contributed by atoms with Gasteiger partial charge in [-0.3, -0.25) is 14.5 Å². The number of Topliss-reactive ketones (excluding diaryl/α,β-unsaturated/α-hetero) is 1. The molecule has 1 amide bonds. The van der Waals surface area contributed by atoms with Gasteiger partial charge in [-0.1, -0.05) is 12.1 Å². The normalized spacial score (nSPS) is 15.8. The van der Waals surface area contributed by atoms with E-state index in [1.54, 1.807) is 29.4 Å². The fourth-order valence-electron chi connectivity index (χ4n) is 4.05. The number of aliphatic carboxylic acids is 2. The number of carboxylic acid groups (broad SMARTS) is 2. The van der Waals surface area contributed by atoms with Crippen molar-refractivity contribution in [3.8, 4) is 0 Å². The summed E-state index contributed by atoms with van der Waals surface area (Å²) in [5.74, 6) is -1.59. The molecule has 10 nitrogen and oxygen atoms in total. The maximum Gasteiger partial charge on any atom is 0.414 e. The maximum atomic E-state index is 12.7. The van der Waals surface area contributed by atoms with E-state index in [1.807, 2.05) is 0 Å². The topological polar surface area (TPSA) is 140 Å². The molecule has 2 aromatic heterocycles. The van der Waals surface area contributed by atoms with Gasteiger partial charge in [0.2, 0.25) is 0 Å². The molecule has 2 aliphatic heterocycles. The average molecular weight is 563 g/mol. The highest BCUT2D eigenvalue weighted by Gasteiger charge is 2.23. The van der Waals surface area contributed by atoms with Gasteiger partial charge < -0.3 is 20.4 Å². The van der Waals surface area contributed by atoms with Gasteiger partial charge in [-0.15, -0.1) is 23.1 Å². The first kappa shape index (κ1) is 27.0. The third-order valence-corrected chi connectivity index (χ3v) is 9.21. The molecule has 2 aliphatic rings. The van der Waals surface area contributed by atoms with Crippen LogP contribution >= 0.6 is 34.6 Å². The minimum absolute atomic E-state index is 0.0546. The molecule has 0 bridgehead atoms. The molecule has 5 rings (SSSR count). The van der Waals surface area contributed by atoms with E-state index in [0.29, 0.717) is 18.5 Å². The van der Waals surface area contributed by atoms with Gasteiger partial charge in [0.15, 0.2) is 5.78 Å². The molecule has 0 unspecified atom stereocenters. The van der Waals surface area contributed by atoms with E-state index in [2.05, 4.69) is 43.8 Å². The number of carboxylic acids is 2. The number of ketones is 1. The largest absolute Gasteiger partial charge is 0.473 e. The maximum absolute atomic E-state index is 12.7. The number of hydrogen-bond acceptors (Lipinski definition) is 10. The van der Waals surface area contributed by atoms with Gasteiger partial charge >= 0.3 is 11.9 Å². The lowest BCUT2D eigenvalue weighted by Gasteiger charge is -2.35. The lowest BCUT2D eigenvalue weighted by atomic mass is 10.1. The summed E-state index contributed by atoms with van der Waals surface area (Å²) in [6.45, 7) is 5.52. The van der Waals surface area contributed by atoms with Crippen molar-refractivity contribution in [2.75, 3.05) is 49.9 Å². The molecule has 3 N–H and O–H groups in total. The number of rotatable bonds is 6. The van der Waals surface area contributed by atoms with Crippen molar-refractivity contribution in [1.29, 1.82) is 0 Å². The number of carbonyl (C=O) groups excluding carboxylic acids is 2. The fraction of sp³-hybridized carbons (Fsp3) is 0.375. The minimum atomic E-state index is -1.82. The van der Waals surface area contributed by atoms with Crippen molar-refractivity contribution in [2.24, 2.45) is 0 Å². The standard InChI is InChI=1S/C22H24N4O2S3.C2H2O4/c27-17(19-14-16-21(28)23-7-13-29-22(16)30-19)5-3-8-25-9-11-26(12-10-25)20-15-4-1-2-6-18(15)31-24-20;3-1(4)2(5)6/h1-2,4,6,14H,3,5,7-13H2,(H,23,28);(H,3,4)(H,5,6). The Labute approximate surface area is 225 Å². The van der Waals surface area contributed by atoms with E-state index in [0.717, 1.165) is 59.8 Å². The Hall–Kier alpha value is -3.00. The van der Waals surface area contributed by atoms with Crippen LogP contribution in [-0.2, 0) is 9.59 Å². The molecule has 1 aromatic carbocycles. The number of thioether (sulfide) groups is 1. The van der Waals surface area contributed by atoms with Crippen molar-refractivity contribution in [2.45, 2.75) is 17.1 Å². The van der Waals surface area contributed by atoms with Gasteiger partial charge in [0.25, 0.3) is 5.91 Å². The number of benzene rings is 1. The molecule has 37 heavy (non-hydrogen) atoms. The van der Waals surface area contributed by atoms with E-state index >= 15 is 0 Å². The number of anilines is 1. The van der Waals surface area contributed by atoms with Crippen molar-refractivity contribution >= 4 is 74.2 Å². The van der Waals surface area contributed by atoms with E-state index < -0.39 is 11.9 Å². The number of aromatic nitrogens is 1. The highest BCUT2D eigenvalue weighted by atomic mass is 32.2. The predicted molar refractivity (Wildman–Crippen MR) is 144 cm³/mol. The Morgan fingerprint density at radius 1 is 1.05 bits per heavy atom. The molecule has 0 spiro atoms. The molecule has 4 heterocycles. The third kappa shape index (κ3) is 6.86. The van der Waals surface area contributed by atoms with E-state index in [-0.39, 0.29) is 11.7 Å². The second kappa shape index (κ2) is 12.5. The van der Waals surface area contributed by atoms with Crippen LogP contribution in [0.5, 0.6) is 0 Å². The first-order valence-corrected chi connectivity index (χ1v) is 14.3. The molecular formula is C24H26N4O6S3. The predicted octanol–water partition coefficient (Wildman–Crippen LogP) is 3.13. The van der Waals surface area contributed by atoms with Crippen LogP contribution in [0.3, 0.4) is 0 Å². The summed E-state index contributed by atoms with van der Waals surface area (Å²) >= 11 is 4.70. The molecule has 0 aliphatic carbocycles. The third-order valence-electron chi connectivity index (χ3n) is 5.93. The van der Waals surface area contributed by atoms with Crippen LogP contribution in [-0.4, -0.2) is 88.1 Å². The Kier molecular flexibility index (Phi) is 9.14. The van der Waals surface area contributed by atoms with Crippen LogP contribution in [0, 0.1) is 0 Å². The molecule has 0 radical (unpaired) electrons. The monoisotopic (exact) mass is 562 g/mol. The van der Waals surface area contributed by atoms with Crippen LogP contribution in [0.4, 0.5) is 5.82 Å². The second-order valence-electron chi connectivity index (χ2n) is 8.38. The minimum Gasteiger partial charge on any atom is -0.473 e. The van der Waals surface area contributed by atoms with Crippen LogP contribution < -0.4 is 10.2 Å². The highest BCUT2D eigenvalue weighted by molar-refractivity contribution is 8.01. The summed E-state index contributed by atoms with van der Waals surface area (Å²) in [6.07, 6.45) is 1.38. The molecular weight excluding hydrogens is 536 g/mol. The summed E-state index contributed by atoms with van der Waals surface area (Å²) in [5.41, 5.74) is 0.668. The number of hydrogen-bond donors (Lipinski definition) is 3. The van der Waals surface area contributed by atoms with Crippen molar-refractivity contribution < 1.29 is 29.4 Å². The smallest absolute Gasteiger partial charge is 0.414 e. The van der Waals surface area contributed by atoms with E-state index in [1.165, 1.54) is 21.4 Å². The lowest BCUT2D eigenvalue weighted by molar-refractivity contribution is -0.159. The number of piperazine rings is 1. The first-order valence-electron chi connectivity index (χ1n) is 11.7. The molecule has 196 valence electrons. The van der Waals surface area contributed by atoms with Gasteiger partial charge in [-0.25, -0.2) is 9.59 Å². The number of amides is 1. The summed E-state index contributed by atoms with van der Waals surface area (Å²) in [5, 5.41) is 18.9. The molecule has 1 saturated heterocycles. The van der Waals surface area contributed by atoms with Crippen LogP contribution in [0.1, 0.15) is 32.9 Å². The quantitative estimate of drug-likeness (QED) is 0.303. The van der Waals surface area contributed by atoms with Crippen molar-refractivity contribution in [3.63, 3.8) is 0 Å². The Morgan fingerprint density at radius 3 is 2.51 bits per heavy atom. The van der Waals surface area contributed by atoms with Gasteiger partial charge in [-0.05, 0) is 42.7 Å². The van der Waals surface area contributed by atoms with Gasteiger partial charge in [-0.2, -0.15) is 4.37 Å². The molecule has 0 atom stereocenters. The number of fused-ring (bicyclic) bond motifs is 2. The summed E-state index contributed by atoms with van der Waals surface area (Å²) < 4.78 is 6.89.